The molecule has 1 unspecified atom stereocenters. The maximum atomic E-state index is 11.7. The van der Waals surface area contributed by atoms with Gasteiger partial charge in [-0.1, -0.05) is 13.8 Å². The molecule has 1 atom stereocenters. The smallest absolute Gasteiger partial charge is 0.328 e. The molecule has 0 radical (unpaired) electrons. The molecule has 8 heteroatoms. The Bertz CT molecular complexity index is 453. The predicted molar refractivity (Wildman–Crippen MR) is 73.4 cm³/mol. The van der Waals surface area contributed by atoms with E-state index in [2.05, 4.69) is 20.3 Å². The molecule has 0 spiro atoms. The molecule has 0 aliphatic rings. The van der Waals surface area contributed by atoms with Crippen molar-refractivity contribution in [3.63, 3.8) is 0 Å². The van der Waals surface area contributed by atoms with E-state index in [4.69, 9.17) is 16.3 Å². The van der Waals surface area contributed by atoms with E-state index in [1.165, 1.54) is 7.11 Å². The first-order chi connectivity index (χ1) is 8.85. The molecular weight excluding hydrogens is 270 g/mol. The van der Waals surface area contributed by atoms with Crippen LogP contribution in [-0.2, 0) is 9.53 Å². The van der Waals surface area contributed by atoms with Gasteiger partial charge in [-0.3, -0.25) is 0 Å². The third kappa shape index (κ3) is 4.20. The summed E-state index contributed by atoms with van der Waals surface area (Å²) in [5.74, 6) is 0.298. The van der Waals surface area contributed by atoms with E-state index in [0.717, 1.165) is 0 Å². The molecule has 0 fully saturated rings. The first kappa shape index (κ1) is 15.4. The van der Waals surface area contributed by atoms with E-state index in [0.29, 0.717) is 5.95 Å². The lowest BCUT2D eigenvalue weighted by molar-refractivity contribution is -0.142. The maximum absolute atomic E-state index is 11.7. The normalized spacial score (nSPS) is 12.2. The average Bonchev–Trinajstić information content (AvgIpc) is 2.34. The number of hydrogen-bond donors (Lipinski definition) is 1. The molecule has 1 aromatic heterocycles. The Morgan fingerprint density at radius 3 is 2.42 bits per heavy atom. The summed E-state index contributed by atoms with van der Waals surface area (Å²) in [6.45, 7) is 3.79. The lowest BCUT2D eigenvalue weighted by Crippen LogP contribution is -2.36. The van der Waals surface area contributed by atoms with Crippen LogP contribution in [0, 0.1) is 5.92 Å². The molecule has 7 nitrogen and oxygen atoms in total. The molecule has 0 aliphatic carbocycles. The summed E-state index contributed by atoms with van der Waals surface area (Å²) in [7, 11) is 4.91. The molecule has 1 N–H and O–H groups in total. The average molecular weight is 288 g/mol. The zero-order valence-electron chi connectivity index (χ0n) is 11.6. The molecule has 0 amide bonds. The molecule has 0 aliphatic heterocycles. The first-order valence-electron chi connectivity index (χ1n) is 5.78. The topological polar surface area (TPSA) is 80.2 Å². The lowest BCUT2D eigenvalue weighted by Gasteiger charge is -2.20. The van der Waals surface area contributed by atoms with Crippen LogP contribution in [0.2, 0.25) is 5.28 Å². The van der Waals surface area contributed by atoms with Crippen LogP contribution in [0.5, 0.6) is 0 Å². The number of ether oxygens (including phenoxy) is 1. The summed E-state index contributed by atoms with van der Waals surface area (Å²) < 4.78 is 4.74. The van der Waals surface area contributed by atoms with Crippen LogP contribution in [0.25, 0.3) is 0 Å². The molecule has 1 heterocycles. The minimum Gasteiger partial charge on any atom is -0.467 e. The number of nitrogens with one attached hydrogen (secondary N) is 1. The standard InChI is InChI=1S/C11H18ClN5O2/c1-6(2)7(8(18)19-5)13-10-14-9(12)15-11(16-10)17(3)4/h6-7H,1-5H3,(H,13,14,15,16). The Labute approximate surface area is 117 Å². The second-order valence-electron chi connectivity index (χ2n) is 4.51. The van der Waals surface area contributed by atoms with E-state index < -0.39 is 6.04 Å². The summed E-state index contributed by atoms with van der Waals surface area (Å²) in [6, 6.07) is -0.543. The first-order valence-corrected chi connectivity index (χ1v) is 6.16. The van der Waals surface area contributed by atoms with Crippen molar-refractivity contribution in [1.29, 1.82) is 0 Å². The summed E-state index contributed by atoms with van der Waals surface area (Å²) >= 11 is 5.83. The Morgan fingerprint density at radius 2 is 1.95 bits per heavy atom. The van der Waals surface area contributed by atoms with E-state index in [1.807, 2.05) is 13.8 Å². The van der Waals surface area contributed by atoms with Crippen molar-refractivity contribution in [2.45, 2.75) is 19.9 Å². The highest BCUT2D eigenvalue weighted by Gasteiger charge is 2.24. The molecule has 19 heavy (non-hydrogen) atoms. The number of aromatic nitrogens is 3. The third-order valence-corrected chi connectivity index (χ3v) is 2.57. The second kappa shape index (κ2) is 6.51. The van der Waals surface area contributed by atoms with E-state index in [9.17, 15) is 4.79 Å². The van der Waals surface area contributed by atoms with Gasteiger partial charge in [-0.25, -0.2) is 4.79 Å². The van der Waals surface area contributed by atoms with Crippen LogP contribution in [0.1, 0.15) is 13.8 Å². The van der Waals surface area contributed by atoms with E-state index >= 15 is 0 Å². The highest BCUT2D eigenvalue weighted by atomic mass is 35.5. The molecule has 0 bridgehead atoms. The molecule has 0 saturated carbocycles. The van der Waals surface area contributed by atoms with Gasteiger partial charge in [0.1, 0.15) is 6.04 Å². The van der Waals surface area contributed by atoms with Crippen molar-refractivity contribution in [1.82, 2.24) is 15.0 Å². The van der Waals surface area contributed by atoms with Crippen molar-refractivity contribution in [2.75, 3.05) is 31.4 Å². The fraction of sp³-hybridized carbons (Fsp3) is 0.636. The third-order valence-electron chi connectivity index (χ3n) is 2.40. The Morgan fingerprint density at radius 1 is 1.32 bits per heavy atom. The zero-order chi connectivity index (χ0) is 14.6. The Balaban J connectivity index is 2.99. The van der Waals surface area contributed by atoms with Gasteiger partial charge in [0.05, 0.1) is 7.11 Å². The summed E-state index contributed by atoms with van der Waals surface area (Å²) in [5, 5.41) is 2.98. The van der Waals surface area contributed by atoms with E-state index in [1.54, 1.807) is 19.0 Å². The van der Waals surface area contributed by atoms with Crippen LogP contribution < -0.4 is 10.2 Å². The van der Waals surface area contributed by atoms with Crippen LogP contribution in [-0.4, -0.2) is 48.2 Å². The number of hydrogen-bond acceptors (Lipinski definition) is 7. The van der Waals surface area contributed by atoms with Crippen molar-refractivity contribution in [3.8, 4) is 0 Å². The van der Waals surface area contributed by atoms with Gasteiger partial charge in [-0.05, 0) is 17.5 Å². The fourth-order valence-electron chi connectivity index (χ4n) is 1.37. The molecule has 106 valence electrons. The molecule has 0 aromatic carbocycles. The monoisotopic (exact) mass is 287 g/mol. The van der Waals surface area contributed by atoms with Crippen LogP contribution in [0.3, 0.4) is 0 Å². The van der Waals surface area contributed by atoms with Crippen molar-refractivity contribution >= 4 is 29.5 Å². The van der Waals surface area contributed by atoms with E-state index in [-0.39, 0.29) is 23.1 Å². The van der Waals surface area contributed by atoms with Gasteiger partial charge < -0.3 is 15.0 Å². The van der Waals surface area contributed by atoms with Gasteiger partial charge in [-0.15, -0.1) is 0 Å². The number of carbonyl (C=O) groups is 1. The molecule has 0 saturated heterocycles. The van der Waals surface area contributed by atoms with Gasteiger partial charge in [0, 0.05) is 14.1 Å². The fourth-order valence-corrected chi connectivity index (χ4v) is 1.52. The number of carbonyl (C=O) groups excluding carboxylic acids is 1. The van der Waals surface area contributed by atoms with Crippen LogP contribution in [0.15, 0.2) is 0 Å². The minimum absolute atomic E-state index is 0.0193. The number of halogens is 1. The molecule has 1 aromatic rings. The lowest BCUT2D eigenvalue weighted by atomic mass is 10.1. The van der Waals surface area contributed by atoms with Crippen molar-refractivity contribution in [3.05, 3.63) is 5.28 Å². The largest absolute Gasteiger partial charge is 0.467 e. The van der Waals surface area contributed by atoms with Gasteiger partial charge >= 0.3 is 5.97 Å². The van der Waals surface area contributed by atoms with Crippen molar-refractivity contribution < 1.29 is 9.53 Å². The van der Waals surface area contributed by atoms with Gasteiger partial charge in [0.15, 0.2) is 0 Å². The highest BCUT2D eigenvalue weighted by molar-refractivity contribution is 6.28. The Hall–Kier alpha value is -1.63. The van der Waals surface area contributed by atoms with Gasteiger partial charge in [0.25, 0.3) is 0 Å². The highest BCUT2D eigenvalue weighted by Crippen LogP contribution is 2.15. The minimum atomic E-state index is -0.543. The quantitative estimate of drug-likeness (QED) is 0.815. The van der Waals surface area contributed by atoms with Crippen LogP contribution in [0.4, 0.5) is 11.9 Å². The summed E-state index contributed by atoms with van der Waals surface area (Å²) in [4.78, 5) is 25.4. The van der Waals surface area contributed by atoms with Gasteiger partial charge in [-0.2, -0.15) is 15.0 Å². The van der Waals surface area contributed by atoms with Crippen molar-refractivity contribution in [2.24, 2.45) is 5.92 Å². The number of esters is 1. The summed E-state index contributed by atoms with van der Waals surface area (Å²) in [6.07, 6.45) is 0. The van der Waals surface area contributed by atoms with Gasteiger partial charge in [0.2, 0.25) is 17.2 Å². The predicted octanol–water partition coefficient (Wildman–Crippen LogP) is 1.20. The SMILES string of the molecule is COC(=O)C(Nc1nc(Cl)nc(N(C)C)n1)C(C)C. The molecule has 1 rings (SSSR count). The zero-order valence-corrected chi connectivity index (χ0v) is 12.4. The number of rotatable bonds is 5. The number of nitrogens with zero attached hydrogens (tertiary/aromatic N) is 4. The number of methoxy groups -OCH3 is 1. The summed E-state index contributed by atoms with van der Waals surface area (Å²) in [5.41, 5.74) is 0. The number of anilines is 2. The van der Waals surface area contributed by atoms with Crippen LogP contribution >= 0.6 is 11.6 Å². The molecular formula is C11H18ClN5O2. The second-order valence-corrected chi connectivity index (χ2v) is 4.85. The maximum Gasteiger partial charge on any atom is 0.328 e. The Kier molecular flexibility index (Phi) is 5.29.